The summed E-state index contributed by atoms with van der Waals surface area (Å²) in [5.41, 5.74) is -0.113. The minimum atomic E-state index is -1.80. The highest BCUT2D eigenvalue weighted by molar-refractivity contribution is 6.31. The van der Waals surface area contributed by atoms with E-state index in [9.17, 15) is 29.2 Å². The number of anilines is 1. The number of carbonyl (C=O) groups excluding carboxylic acids is 5. The van der Waals surface area contributed by atoms with E-state index < -0.39 is 52.4 Å². The van der Waals surface area contributed by atoms with Gasteiger partial charge in [0.05, 0.1) is 29.9 Å². The van der Waals surface area contributed by atoms with Gasteiger partial charge in [0, 0.05) is 52.7 Å². The fraction of sp³-hybridized carbons (Fsp3) is 0.412. The van der Waals surface area contributed by atoms with Crippen molar-refractivity contribution in [2.24, 2.45) is 5.41 Å². The van der Waals surface area contributed by atoms with Crippen molar-refractivity contribution in [3.8, 4) is 11.8 Å². The number of carbonyl (C=O) groups is 5. The fourth-order valence-electron chi connectivity index (χ4n) is 10.7. The summed E-state index contributed by atoms with van der Waals surface area (Å²) in [6.45, 7) is 4.93. The molecule has 1 saturated carbocycles. The van der Waals surface area contributed by atoms with Crippen LogP contribution in [0.3, 0.4) is 0 Å². The maximum atomic E-state index is 16.4. The second-order valence-electron chi connectivity index (χ2n) is 18.8. The molecular weight excluding hydrogens is 901 g/mol. The number of aryl methyl sites for hydroxylation is 1. The van der Waals surface area contributed by atoms with Crippen molar-refractivity contribution in [1.29, 1.82) is 5.26 Å². The highest BCUT2D eigenvalue weighted by atomic mass is 35.5. The summed E-state index contributed by atoms with van der Waals surface area (Å²) >= 11 is 12.6. The van der Waals surface area contributed by atoms with Crippen molar-refractivity contribution in [3.05, 3.63) is 128 Å². The number of ether oxygens (including phenoxy) is 1. The SMILES string of the molecule is COc1cc(C(=O)NCCCCCc2cccc3c2CN(C2CCC(=O)NC2=O)C3=O)ccc1NC(=O)[C@@H]1NC2(CCC(C)(C)CC2)[C@](C#N)(c2ccc(Cl)cc2F)[C@H]1c1cccc(Cl)c1F. The van der Waals surface area contributed by atoms with E-state index in [0.29, 0.717) is 63.6 Å². The van der Waals surface area contributed by atoms with E-state index in [0.717, 1.165) is 30.0 Å². The summed E-state index contributed by atoms with van der Waals surface area (Å²) in [6.07, 6.45) is 5.51. The molecule has 4 N–H and O–H groups in total. The van der Waals surface area contributed by atoms with Crippen LogP contribution in [0.1, 0.15) is 121 Å². The van der Waals surface area contributed by atoms with Gasteiger partial charge in [0.25, 0.3) is 11.8 Å². The Morgan fingerprint density at radius 3 is 2.43 bits per heavy atom. The van der Waals surface area contributed by atoms with Crippen LogP contribution >= 0.6 is 23.2 Å². The molecule has 1 aliphatic carbocycles. The van der Waals surface area contributed by atoms with Gasteiger partial charge in [0.15, 0.2) is 0 Å². The van der Waals surface area contributed by atoms with E-state index in [4.69, 9.17) is 27.9 Å². The van der Waals surface area contributed by atoms with Crippen molar-refractivity contribution in [2.75, 3.05) is 19.0 Å². The van der Waals surface area contributed by atoms with Crippen LogP contribution in [0, 0.1) is 28.4 Å². The second kappa shape index (κ2) is 19.0. The molecule has 12 nitrogen and oxygen atoms in total. The molecule has 5 amide bonds. The highest BCUT2D eigenvalue weighted by Crippen LogP contribution is 2.61. The molecule has 3 fully saturated rings. The van der Waals surface area contributed by atoms with E-state index in [1.54, 1.807) is 23.1 Å². The molecule has 0 aromatic heterocycles. The van der Waals surface area contributed by atoms with Gasteiger partial charge in [-0.05, 0) is 116 Å². The number of nitrogens with one attached hydrogen (secondary N) is 4. The molecule has 4 aromatic rings. The third kappa shape index (κ3) is 8.89. The number of fused-ring (bicyclic) bond motifs is 1. The van der Waals surface area contributed by atoms with E-state index in [1.807, 2.05) is 12.1 Å². The Morgan fingerprint density at radius 1 is 0.955 bits per heavy atom. The quantitative estimate of drug-likeness (QED) is 0.0763. The highest BCUT2D eigenvalue weighted by Gasteiger charge is 2.69. The lowest BCUT2D eigenvalue weighted by molar-refractivity contribution is -0.137. The number of imide groups is 1. The molecule has 3 aliphatic heterocycles. The normalized spacial score (nSPS) is 22.8. The summed E-state index contributed by atoms with van der Waals surface area (Å²) in [5.74, 6) is -4.63. The number of methoxy groups -OCH3 is 1. The van der Waals surface area contributed by atoms with Crippen LogP contribution in [-0.2, 0) is 32.8 Å². The Morgan fingerprint density at radius 2 is 1.72 bits per heavy atom. The largest absolute Gasteiger partial charge is 0.495 e. The van der Waals surface area contributed by atoms with Gasteiger partial charge in [-0.15, -0.1) is 0 Å². The lowest BCUT2D eigenvalue weighted by Crippen LogP contribution is -2.58. The monoisotopic (exact) mass is 952 g/mol. The maximum absolute atomic E-state index is 16.4. The zero-order chi connectivity index (χ0) is 47.8. The Balaban J connectivity index is 0.949. The summed E-state index contributed by atoms with van der Waals surface area (Å²) in [4.78, 5) is 67.1. The second-order valence-corrected chi connectivity index (χ2v) is 19.7. The van der Waals surface area contributed by atoms with Crippen LogP contribution in [0.15, 0.2) is 72.8 Å². The van der Waals surface area contributed by atoms with Gasteiger partial charge in [-0.2, -0.15) is 5.26 Å². The Kier molecular flexibility index (Phi) is 13.5. The van der Waals surface area contributed by atoms with Crippen molar-refractivity contribution >= 4 is 58.4 Å². The van der Waals surface area contributed by atoms with Crippen LogP contribution in [0.25, 0.3) is 0 Å². The maximum Gasteiger partial charge on any atom is 0.255 e. The van der Waals surface area contributed by atoms with Crippen LogP contribution in [-0.4, -0.2) is 65.7 Å². The summed E-state index contributed by atoms with van der Waals surface area (Å²) in [6, 6.07) is 19.1. The van der Waals surface area contributed by atoms with E-state index in [2.05, 4.69) is 41.2 Å². The molecule has 4 aliphatic rings. The Bertz CT molecular complexity index is 2700. The van der Waals surface area contributed by atoms with Gasteiger partial charge < -0.3 is 20.3 Å². The number of hydrogen-bond donors (Lipinski definition) is 4. The summed E-state index contributed by atoms with van der Waals surface area (Å²) in [5, 5.41) is 23.0. The molecule has 2 saturated heterocycles. The first-order valence-electron chi connectivity index (χ1n) is 22.6. The topological polar surface area (TPSA) is 170 Å². The van der Waals surface area contributed by atoms with Crippen LogP contribution in [0.4, 0.5) is 14.5 Å². The molecule has 350 valence electrons. The molecule has 3 heterocycles. The van der Waals surface area contributed by atoms with Crippen LogP contribution in [0.5, 0.6) is 5.75 Å². The fourth-order valence-corrected chi connectivity index (χ4v) is 11.1. The van der Waals surface area contributed by atoms with Crippen molar-refractivity contribution in [3.63, 3.8) is 0 Å². The van der Waals surface area contributed by atoms with E-state index in [-0.39, 0.29) is 67.7 Å². The van der Waals surface area contributed by atoms with Crippen molar-refractivity contribution < 1.29 is 37.5 Å². The zero-order valence-corrected chi connectivity index (χ0v) is 39.0. The molecule has 8 rings (SSSR count). The average Bonchev–Trinajstić information content (AvgIpc) is 3.79. The van der Waals surface area contributed by atoms with Crippen molar-refractivity contribution in [2.45, 2.75) is 114 Å². The first-order valence-corrected chi connectivity index (χ1v) is 23.4. The molecule has 67 heavy (non-hydrogen) atoms. The Hall–Kier alpha value is -5.88. The molecule has 4 aromatic carbocycles. The van der Waals surface area contributed by atoms with Gasteiger partial charge in [-0.3, -0.25) is 34.6 Å². The number of benzene rings is 4. The van der Waals surface area contributed by atoms with Gasteiger partial charge in [0.2, 0.25) is 17.7 Å². The predicted octanol–water partition coefficient (Wildman–Crippen LogP) is 8.68. The van der Waals surface area contributed by atoms with E-state index >= 15 is 8.78 Å². The number of hydrogen-bond acceptors (Lipinski definition) is 8. The minimum Gasteiger partial charge on any atom is -0.495 e. The van der Waals surface area contributed by atoms with Crippen molar-refractivity contribution in [1.82, 2.24) is 20.9 Å². The lowest BCUT2D eigenvalue weighted by Gasteiger charge is -2.50. The number of rotatable bonds is 13. The lowest BCUT2D eigenvalue weighted by atomic mass is 9.53. The minimum absolute atomic E-state index is 0.00337. The first kappa shape index (κ1) is 47.6. The summed E-state index contributed by atoms with van der Waals surface area (Å²) in [7, 11) is 1.40. The smallest absolute Gasteiger partial charge is 0.255 e. The number of piperidine rings is 1. The van der Waals surface area contributed by atoms with Crippen LogP contribution in [0.2, 0.25) is 10.0 Å². The number of nitriles is 1. The standard InChI is InChI=1S/C51H52Cl2F2N6O6/c1-49(2)20-22-50(23-21-49)51(28-56,35-16-15-31(52)26-37(35)54)42(33-12-8-13-36(53)43(33)55)44(60-50)47(65)58-38-17-14-30(25-40(38)67-3)45(63)57-24-6-4-5-9-29-10-7-11-32-34(29)27-61(48(32)66)39-18-19-41(62)59-46(39)64/h7-8,10-17,25-26,39,42,44,60H,4-6,9,18-24,27H2,1-3H3,(H,57,63)(H,58,65)(H,59,62,64)/t39?,42-,44+,51+/m0/s1. The number of halogens is 4. The third-order valence-corrected chi connectivity index (χ3v) is 14.9. The number of nitrogens with zero attached hydrogens (tertiary/aromatic N) is 2. The molecule has 1 unspecified atom stereocenters. The molecule has 1 spiro atoms. The van der Waals surface area contributed by atoms with Crippen LogP contribution < -0.4 is 26.0 Å². The zero-order valence-electron chi connectivity index (χ0n) is 37.5. The van der Waals surface area contributed by atoms with Gasteiger partial charge >= 0.3 is 0 Å². The molecule has 0 radical (unpaired) electrons. The molecule has 0 bridgehead atoms. The van der Waals surface area contributed by atoms with Gasteiger partial charge in [0.1, 0.15) is 28.8 Å². The molecule has 16 heteroatoms. The first-order chi connectivity index (χ1) is 32.0. The number of amides is 5. The van der Waals surface area contributed by atoms with E-state index in [1.165, 1.54) is 43.5 Å². The van der Waals surface area contributed by atoms with Gasteiger partial charge in [-0.1, -0.05) is 73.8 Å². The predicted molar refractivity (Wildman–Crippen MR) is 249 cm³/mol. The number of unbranched alkanes of at least 4 members (excludes halogenated alkanes) is 2. The average molecular weight is 954 g/mol. The molecule has 4 atom stereocenters. The summed E-state index contributed by atoms with van der Waals surface area (Å²) < 4.78 is 38.3. The molecular formula is C51H52Cl2F2N6O6. The Labute approximate surface area is 398 Å². The third-order valence-electron chi connectivity index (χ3n) is 14.4. The van der Waals surface area contributed by atoms with Gasteiger partial charge in [-0.25, -0.2) is 8.78 Å².